The van der Waals surface area contributed by atoms with Crippen molar-refractivity contribution in [2.24, 2.45) is 5.73 Å². The van der Waals surface area contributed by atoms with Crippen LogP contribution in [0.3, 0.4) is 0 Å². The zero-order valence-corrected chi connectivity index (χ0v) is 13.4. The number of hydrogen-bond donors (Lipinski definition) is 1. The lowest BCUT2D eigenvalue weighted by Crippen LogP contribution is -2.35. The van der Waals surface area contributed by atoms with Gasteiger partial charge in [-0.2, -0.15) is 11.8 Å². The molecule has 1 aromatic rings. The highest BCUT2D eigenvalue weighted by Gasteiger charge is 2.20. The molecule has 1 fully saturated rings. The predicted octanol–water partition coefficient (Wildman–Crippen LogP) is 3.54. The van der Waals surface area contributed by atoms with E-state index in [2.05, 4.69) is 33.0 Å². The summed E-state index contributed by atoms with van der Waals surface area (Å²) >= 11 is 11.6. The van der Waals surface area contributed by atoms with Crippen molar-refractivity contribution in [1.82, 2.24) is 4.90 Å². The maximum Gasteiger partial charge on any atom is 0.0548 e. The first-order chi connectivity index (χ1) is 8.72. The van der Waals surface area contributed by atoms with Gasteiger partial charge >= 0.3 is 0 Å². The molecule has 0 radical (unpaired) electrons. The number of thioether (sulfide) groups is 1. The zero-order valence-electron chi connectivity index (χ0n) is 10.2. The van der Waals surface area contributed by atoms with E-state index in [0.29, 0.717) is 12.6 Å². The molecule has 0 aliphatic carbocycles. The van der Waals surface area contributed by atoms with Gasteiger partial charge in [0, 0.05) is 29.4 Å². The van der Waals surface area contributed by atoms with E-state index in [1.807, 2.05) is 17.8 Å². The van der Waals surface area contributed by atoms with Gasteiger partial charge in [0.15, 0.2) is 0 Å². The Morgan fingerprint density at radius 1 is 1.39 bits per heavy atom. The topological polar surface area (TPSA) is 29.3 Å². The predicted molar refractivity (Wildman–Crippen MR) is 84.5 cm³/mol. The van der Waals surface area contributed by atoms with E-state index in [9.17, 15) is 0 Å². The van der Waals surface area contributed by atoms with Crippen molar-refractivity contribution < 1.29 is 0 Å². The SMILES string of the molecule is NCC(c1ccc(Cl)c(Br)c1)N1CCCSCC1. The Hall–Kier alpha value is 0.260. The molecule has 0 saturated carbocycles. The molecule has 1 unspecified atom stereocenters. The van der Waals surface area contributed by atoms with Crippen LogP contribution in [-0.2, 0) is 0 Å². The highest BCUT2D eigenvalue weighted by molar-refractivity contribution is 9.10. The molecule has 18 heavy (non-hydrogen) atoms. The molecular weight excluding hydrogens is 332 g/mol. The number of nitrogens with zero attached hydrogens (tertiary/aromatic N) is 1. The molecule has 1 atom stereocenters. The lowest BCUT2D eigenvalue weighted by atomic mass is 10.1. The van der Waals surface area contributed by atoms with Crippen LogP contribution in [0, 0.1) is 0 Å². The fourth-order valence-electron chi connectivity index (χ4n) is 2.29. The van der Waals surface area contributed by atoms with Gasteiger partial charge in [-0.3, -0.25) is 4.90 Å². The summed E-state index contributed by atoms with van der Waals surface area (Å²) in [5.74, 6) is 2.46. The van der Waals surface area contributed by atoms with Gasteiger partial charge < -0.3 is 5.73 Å². The molecule has 0 aromatic heterocycles. The van der Waals surface area contributed by atoms with Gasteiger partial charge in [-0.25, -0.2) is 0 Å². The van der Waals surface area contributed by atoms with Crippen LogP contribution in [0.25, 0.3) is 0 Å². The minimum atomic E-state index is 0.303. The Bertz CT molecular complexity index is 395. The van der Waals surface area contributed by atoms with E-state index in [1.54, 1.807) is 0 Å². The monoisotopic (exact) mass is 348 g/mol. The molecule has 1 saturated heterocycles. The summed E-state index contributed by atoms with van der Waals surface area (Å²) in [7, 11) is 0. The highest BCUT2D eigenvalue weighted by Crippen LogP contribution is 2.29. The number of halogens is 2. The number of benzene rings is 1. The Balaban J connectivity index is 2.17. The molecule has 2 rings (SSSR count). The Labute approximate surface area is 126 Å². The first-order valence-corrected chi connectivity index (χ1v) is 8.51. The molecule has 0 bridgehead atoms. The fraction of sp³-hybridized carbons (Fsp3) is 0.538. The number of rotatable bonds is 3. The molecule has 100 valence electrons. The average molecular weight is 350 g/mol. The van der Waals surface area contributed by atoms with Crippen LogP contribution in [0.5, 0.6) is 0 Å². The lowest BCUT2D eigenvalue weighted by Gasteiger charge is -2.30. The van der Waals surface area contributed by atoms with Crippen molar-refractivity contribution in [3.63, 3.8) is 0 Å². The Morgan fingerprint density at radius 3 is 2.94 bits per heavy atom. The minimum Gasteiger partial charge on any atom is -0.329 e. The van der Waals surface area contributed by atoms with Crippen LogP contribution < -0.4 is 5.73 Å². The number of hydrogen-bond acceptors (Lipinski definition) is 3. The minimum absolute atomic E-state index is 0.303. The zero-order chi connectivity index (χ0) is 13.0. The molecular formula is C13H18BrClN2S. The Kier molecular flexibility index (Phi) is 5.83. The molecule has 1 aliphatic heterocycles. The van der Waals surface area contributed by atoms with Crippen LogP contribution in [-0.4, -0.2) is 36.0 Å². The molecule has 5 heteroatoms. The van der Waals surface area contributed by atoms with Crippen LogP contribution >= 0.6 is 39.3 Å². The van der Waals surface area contributed by atoms with Gasteiger partial charge in [0.1, 0.15) is 0 Å². The van der Waals surface area contributed by atoms with Crippen molar-refractivity contribution in [3.8, 4) is 0 Å². The van der Waals surface area contributed by atoms with Crippen molar-refractivity contribution in [2.45, 2.75) is 12.5 Å². The van der Waals surface area contributed by atoms with E-state index in [0.717, 1.165) is 22.6 Å². The van der Waals surface area contributed by atoms with E-state index < -0.39 is 0 Å². The van der Waals surface area contributed by atoms with Gasteiger partial charge in [0.25, 0.3) is 0 Å². The van der Waals surface area contributed by atoms with Crippen LogP contribution in [0.2, 0.25) is 5.02 Å². The molecule has 2 nitrogen and oxygen atoms in total. The first-order valence-electron chi connectivity index (χ1n) is 6.19. The van der Waals surface area contributed by atoms with Crippen LogP contribution in [0.1, 0.15) is 18.0 Å². The highest BCUT2D eigenvalue weighted by atomic mass is 79.9. The second kappa shape index (κ2) is 7.15. The quantitative estimate of drug-likeness (QED) is 0.905. The molecule has 1 aromatic carbocycles. The van der Waals surface area contributed by atoms with Gasteiger partial charge in [0.2, 0.25) is 0 Å². The maximum atomic E-state index is 6.05. The molecule has 0 spiro atoms. The van der Waals surface area contributed by atoms with Crippen LogP contribution in [0.15, 0.2) is 22.7 Å². The van der Waals surface area contributed by atoms with Crippen LogP contribution in [0.4, 0.5) is 0 Å². The largest absolute Gasteiger partial charge is 0.329 e. The summed E-state index contributed by atoms with van der Waals surface area (Å²) in [6.45, 7) is 2.90. The van der Waals surface area contributed by atoms with Gasteiger partial charge in [-0.1, -0.05) is 17.7 Å². The van der Waals surface area contributed by atoms with Crippen molar-refractivity contribution in [3.05, 3.63) is 33.3 Å². The molecule has 1 aliphatic rings. The smallest absolute Gasteiger partial charge is 0.0548 e. The third kappa shape index (κ3) is 3.64. The summed E-state index contributed by atoms with van der Waals surface area (Å²) < 4.78 is 0.948. The second-order valence-corrected chi connectivity index (χ2v) is 6.91. The summed E-state index contributed by atoms with van der Waals surface area (Å²) in [6, 6.07) is 6.42. The maximum absolute atomic E-state index is 6.05. The number of nitrogens with two attached hydrogens (primary N) is 1. The van der Waals surface area contributed by atoms with Crippen molar-refractivity contribution in [1.29, 1.82) is 0 Å². The van der Waals surface area contributed by atoms with Gasteiger partial charge in [-0.15, -0.1) is 0 Å². The molecule has 0 amide bonds. The first kappa shape index (κ1) is 14.7. The lowest BCUT2D eigenvalue weighted by molar-refractivity contribution is 0.218. The molecule has 1 heterocycles. The van der Waals surface area contributed by atoms with Gasteiger partial charge in [-0.05, 0) is 52.3 Å². The van der Waals surface area contributed by atoms with Crippen molar-refractivity contribution >= 4 is 39.3 Å². The van der Waals surface area contributed by atoms with E-state index in [1.165, 1.54) is 23.5 Å². The van der Waals surface area contributed by atoms with Gasteiger partial charge in [0.05, 0.1) is 5.02 Å². The Morgan fingerprint density at radius 2 is 2.22 bits per heavy atom. The van der Waals surface area contributed by atoms with E-state index in [4.69, 9.17) is 17.3 Å². The summed E-state index contributed by atoms with van der Waals surface area (Å²) in [5.41, 5.74) is 7.23. The summed E-state index contributed by atoms with van der Waals surface area (Å²) in [4.78, 5) is 2.50. The summed E-state index contributed by atoms with van der Waals surface area (Å²) in [5, 5.41) is 0.751. The van der Waals surface area contributed by atoms with Crippen molar-refractivity contribution in [2.75, 3.05) is 31.1 Å². The standard InChI is InChI=1S/C13H18BrClN2S/c14-11-8-10(2-3-12(11)15)13(9-16)17-4-1-6-18-7-5-17/h2-3,8,13H,1,4-7,9,16H2. The molecule has 2 N–H and O–H groups in total. The summed E-state index contributed by atoms with van der Waals surface area (Å²) in [6.07, 6.45) is 1.25. The fourth-order valence-corrected chi connectivity index (χ4v) is 3.71. The van der Waals surface area contributed by atoms with E-state index >= 15 is 0 Å². The third-order valence-electron chi connectivity index (χ3n) is 3.25. The second-order valence-electron chi connectivity index (χ2n) is 4.43. The third-order valence-corrected chi connectivity index (χ3v) is 5.51. The normalized spacial score (nSPS) is 19.5. The van der Waals surface area contributed by atoms with E-state index in [-0.39, 0.29) is 0 Å². The average Bonchev–Trinajstić information content (AvgIpc) is 2.64.